The van der Waals surface area contributed by atoms with Crippen molar-refractivity contribution in [1.29, 1.82) is 0 Å². The van der Waals surface area contributed by atoms with Crippen LogP contribution in [-0.4, -0.2) is 60.5 Å². The van der Waals surface area contributed by atoms with Crippen LogP contribution in [0.5, 0.6) is 0 Å². The van der Waals surface area contributed by atoms with Crippen molar-refractivity contribution in [3.05, 3.63) is 59.9 Å². The summed E-state index contributed by atoms with van der Waals surface area (Å²) >= 11 is 0. The average Bonchev–Trinajstić information content (AvgIpc) is 2.98. The Kier molecular flexibility index (Phi) is 5.12. The van der Waals surface area contributed by atoms with Gasteiger partial charge in [0.1, 0.15) is 0 Å². The number of benzene rings is 1. The predicted octanol–water partition coefficient (Wildman–Crippen LogP) is 2.88. The molecule has 0 N–H and O–H groups in total. The van der Waals surface area contributed by atoms with Gasteiger partial charge in [0.15, 0.2) is 0 Å². The van der Waals surface area contributed by atoms with Gasteiger partial charge in [-0.05, 0) is 48.6 Å². The van der Waals surface area contributed by atoms with Crippen molar-refractivity contribution in [2.75, 3.05) is 38.6 Å². The van der Waals surface area contributed by atoms with Crippen LogP contribution in [0.25, 0.3) is 0 Å². The second-order valence-electron chi connectivity index (χ2n) is 8.02. The van der Waals surface area contributed by atoms with Gasteiger partial charge in [0.25, 0.3) is 5.91 Å². The molecule has 2 atom stereocenters. The highest BCUT2D eigenvalue weighted by Gasteiger charge is 2.37. The molecule has 1 aromatic heterocycles. The Balaban J connectivity index is 1.53. The fourth-order valence-electron chi connectivity index (χ4n) is 4.50. The molecule has 3 aliphatic heterocycles. The molecule has 3 fully saturated rings. The van der Waals surface area contributed by atoms with Gasteiger partial charge in [0.05, 0.1) is 5.56 Å². The van der Waals surface area contributed by atoms with E-state index in [0.29, 0.717) is 12.0 Å². The molecule has 3 aliphatic rings. The van der Waals surface area contributed by atoms with E-state index >= 15 is 0 Å². The Hall–Kier alpha value is -2.40. The highest BCUT2D eigenvalue weighted by Crippen LogP contribution is 2.31. The zero-order valence-corrected chi connectivity index (χ0v) is 16.2. The van der Waals surface area contributed by atoms with Gasteiger partial charge in [-0.25, -0.2) is 0 Å². The molecule has 27 heavy (non-hydrogen) atoms. The molecule has 0 spiro atoms. The second kappa shape index (κ2) is 7.69. The minimum atomic E-state index is 0.180. The van der Waals surface area contributed by atoms with Crippen molar-refractivity contribution in [3.63, 3.8) is 0 Å². The molecule has 5 nitrogen and oxygen atoms in total. The number of carbonyl (C=O) groups excluding carboxylic acids is 1. The van der Waals surface area contributed by atoms with E-state index in [4.69, 9.17) is 0 Å². The number of para-hydroxylation sites is 1. The molecular weight excluding hydrogens is 336 g/mol. The molecule has 5 rings (SSSR count). The van der Waals surface area contributed by atoms with Crippen LogP contribution in [0.15, 0.2) is 48.8 Å². The van der Waals surface area contributed by atoms with E-state index in [2.05, 4.69) is 26.9 Å². The number of rotatable bonds is 4. The minimum absolute atomic E-state index is 0.180. The van der Waals surface area contributed by atoms with Crippen LogP contribution >= 0.6 is 0 Å². The van der Waals surface area contributed by atoms with Crippen LogP contribution in [0.4, 0.5) is 5.69 Å². The van der Waals surface area contributed by atoms with Gasteiger partial charge in [-0.2, -0.15) is 0 Å². The Labute approximate surface area is 161 Å². The van der Waals surface area contributed by atoms with Gasteiger partial charge in [-0.3, -0.25) is 14.7 Å². The monoisotopic (exact) mass is 364 g/mol. The SMILES string of the molecule is CN(C)c1ccccc1C(=O)N1C[C@H]2CC[C@@H]1CN(Cc1ccncc1)C2. The summed E-state index contributed by atoms with van der Waals surface area (Å²) in [6, 6.07) is 12.4. The number of hydrogen-bond donors (Lipinski definition) is 0. The maximum Gasteiger partial charge on any atom is 0.256 e. The van der Waals surface area contributed by atoms with E-state index in [1.165, 1.54) is 12.0 Å². The third-order valence-corrected chi connectivity index (χ3v) is 5.82. The van der Waals surface area contributed by atoms with Gasteiger partial charge in [0, 0.05) is 64.4 Å². The summed E-state index contributed by atoms with van der Waals surface area (Å²) in [5.74, 6) is 0.737. The normalized spacial score (nSPS) is 22.5. The molecular formula is C22H28N4O. The number of aromatic nitrogens is 1. The lowest BCUT2D eigenvalue weighted by Gasteiger charge is -2.37. The first kappa shape index (κ1) is 18.0. The summed E-state index contributed by atoms with van der Waals surface area (Å²) in [5.41, 5.74) is 3.11. The fourth-order valence-corrected chi connectivity index (χ4v) is 4.50. The summed E-state index contributed by atoms with van der Waals surface area (Å²) < 4.78 is 0. The van der Waals surface area contributed by atoms with E-state index in [9.17, 15) is 4.79 Å². The Morgan fingerprint density at radius 2 is 1.85 bits per heavy atom. The van der Waals surface area contributed by atoms with E-state index in [1.807, 2.05) is 55.7 Å². The molecule has 0 radical (unpaired) electrons. The minimum Gasteiger partial charge on any atom is -0.377 e. The molecule has 2 aromatic rings. The number of hydrogen-bond acceptors (Lipinski definition) is 4. The van der Waals surface area contributed by atoms with Crippen LogP contribution in [0.2, 0.25) is 0 Å². The lowest BCUT2D eigenvalue weighted by Crippen LogP contribution is -2.47. The average molecular weight is 364 g/mol. The first-order chi connectivity index (χ1) is 13.1. The Morgan fingerprint density at radius 1 is 1.07 bits per heavy atom. The second-order valence-corrected chi connectivity index (χ2v) is 8.02. The number of carbonyl (C=O) groups is 1. The molecule has 5 heteroatoms. The van der Waals surface area contributed by atoms with E-state index < -0.39 is 0 Å². The quantitative estimate of drug-likeness (QED) is 0.836. The third kappa shape index (κ3) is 3.83. The van der Waals surface area contributed by atoms with Crippen molar-refractivity contribution < 1.29 is 4.79 Å². The fraction of sp³-hybridized carbons (Fsp3) is 0.455. The maximum absolute atomic E-state index is 13.4. The van der Waals surface area contributed by atoms with E-state index in [-0.39, 0.29) is 5.91 Å². The summed E-state index contributed by atoms with van der Waals surface area (Å²) in [4.78, 5) is 24.2. The number of anilines is 1. The zero-order chi connectivity index (χ0) is 18.8. The predicted molar refractivity (Wildman–Crippen MR) is 108 cm³/mol. The summed E-state index contributed by atoms with van der Waals surface area (Å²) in [5, 5.41) is 0. The zero-order valence-electron chi connectivity index (χ0n) is 16.2. The Bertz CT molecular complexity index is 792. The molecule has 0 aliphatic carbocycles. The van der Waals surface area contributed by atoms with Crippen LogP contribution in [0.3, 0.4) is 0 Å². The highest BCUT2D eigenvalue weighted by atomic mass is 16.2. The van der Waals surface area contributed by atoms with Gasteiger partial charge in [-0.15, -0.1) is 0 Å². The van der Waals surface area contributed by atoms with Gasteiger partial charge < -0.3 is 9.80 Å². The van der Waals surface area contributed by atoms with Crippen molar-refractivity contribution in [1.82, 2.24) is 14.8 Å². The first-order valence-electron chi connectivity index (χ1n) is 9.80. The summed E-state index contributed by atoms with van der Waals surface area (Å²) in [6.45, 7) is 3.83. The molecule has 1 aromatic carbocycles. The lowest BCUT2D eigenvalue weighted by atomic mass is 9.94. The maximum atomic E-state index is 13.4. The van der Waals surface area contributed by atoms with Crippen LogP contribution in [-0.2, 0) is 6.54 Å². The largest absolute Gasteiger partial charge is 0.377 e. The van der Waals surface area contributed by atoms with Crippen molar-refractivity contribution >= 4 is 11.6 Å². The number of fused-ring (bicyclic) bond motifs is 4. The van der Waals surface area contributed by atoms with Crippen molar-refractivity contribution in [3.8, 4) is 0 Å². The molecule has 3 saturated heterocycles. The van der Waals surface area contributed by atoms with Crippen molar-refractivity contribution in [2.45, 2.75) is 25.4 Å². The number of amides is 1. The summed E-state index contributed by atoms with van der Waals surface area (Å²) in [6.07, 6.45) is 6.04. The van der Waals surface area contributed by atoms with Crippen LogP contribution in [0.1, 0.15) is 28.8 Å². The highest BCUT2D eigenvalue weighted by molar-refractivity contribution is 6.00. The molecule has 0 saturated carbocycles. The van der Waals surface area contributed by atoms with Gasteiger partial charge in [-0.1, -0.05) is 12.1 Å². The molecule has 2 bridgehead atoms. The standard InChI is InChI=1S/C22H28N4O/c1-24(2)21-6-4-3-5-20(21)22(27)26-15-18-7-8-19(26)16-25(14-18)13-17-9-11-23-12-10-17/h3-6,9-12,18-19H,7-8,13-16H2,1-2H3/t18-,19+/m0/s1. The van der Waals surface area contributed by atoms with E-state index in [0.717, 1.165) is 43.9 Å². The van der Waals surface area contributed by atoms with Gasteiger partial charge >= 0.3 is 0 Å². The number of pyridine rings is 1. The Morgan fingerprint density at radius 3 is 2.63 bits per heavy atom. The number of piperidine rings is 1. The lowest BCUT2D eigenvalue weighted by molar-refractivity contribution is 0.0585. The first-order valence-corrected chi connectivity index (χ1v) is 9.80. The van der Waals surface area contributed by atoms with Crippen LogP contribution in [0, 0.1) is 5.92 Å². The van der Waals surface area contributed by atoms with Gasteiger partial charge in [0.2, 0.25) is 0 Å². The van der Waals surface area contributed by atoms with E-state index in [1.54, 1.807) is 0 Å². The smallest absolute Gasteiger partial charge is 0.256 e. The molecule has 0 unspecified atom stereocenters. The number of nitrogens with zero attached hydrogens (tertiary/aromatic N) is 4. The molecule has 142 valence electrons. The topological polar surface area (TPSA) is 39.7 Å². The van der Waals surface area contributed by atoms with Crippen LogP contribution < -0.4 is 4.90 Å². The molecule has 1 amide bonds. The summed E-state index contributed by atoms with van der Waals surface area (Å²) in [7, 11) is 3.99. The third-order valence-electron chi connectivity index (χ3n) is 5.82. The van der Waals surface area contributed by atoms with Crippen molar-refractivity contribution in [2.24, 2.45) is 5.92 Å². The molecule has 4 heterocycles.